The third kappa shape index (κ3) is 4.51. The Labute approximate surface area is 164 Å². The fraction of sp³-hybridized carbons (Fsp3) is 0.300. The maximum atomic E-state index is 12.4. The number of nitrogens with zero attached hydrogens (tertiary/aromatic N) is 2. The molecule has 0 saturated heterocycles. The molecule has 148 valence electrons. The second-order valence-electron chi connectivity index (χ2n) is 6.74. The van der Waals surface area contributed by atoms with Gasteiger partial charge in [-0.05, 0) is 49.7 Å². The van der Waals surface area contributed by atoms with Crippen molar-refractivity contribution in [3.05, 3.63) is 72.4 Å². The molecule has 1 unspecified atom stereocenters. The van der Waals surface area contributed by atoms with Crippen LogP contribution in [0.3, 0.4) is 0 Å². The minimum absolute atomic E-state index is 0.159. The van der Waals surface area contributed by atoms with Crippen LogP contribution in [0.2, 0.25) is 0 Å². The maximum Gasteiger partial charge on any atom is 0.224 e. The zero-order chi connectivity index (χ0) is 20.1. The van der Waals surface area contributed by atoms with Crippen LogP contribution in [0.1, 0.15) is 31.2 Å². The Morgan fingerprint density at radius 1 is 1.18 bits per heavy atom. The Balaban J connectivity index is 1.62. The molecule has 0 aliphatic rings. The van der Waals surface area contributed by atoms with Gasteiger partial charge in [-0.25, -0.2) is 8.42 Å². The minimum Gasteiger partial charge on any atom is -0.467 e. The number of aromatic nitrogens is 2. The number of nitrogens with one attached hydrogen (secondary N) is 1. The number of sulfone groups is 1. The van der Waals surface area contributed by atoms with E-state index in [-0.39, 0.29) is 23.3 Å². The number of furan rings is 1. The average molecular weight is 401 g/mol. The topological polar surface area (TPSA) is 94.2 Å². The summed E-state index contributed by atoms with van der Waals surface area (Å²) in [5.41, 5.74) is 0.744. The predicted octanol–water partition coefficient (Wildman–Crippen LogP) is 2.61. The number of hydrogen-bond acceptors (Lipinski definition) is 5. The van der Waals surface area contributed by atoms with Gasteiger partial charge in [0, 0.05) is 18.9 Å². The first-order valence-electron chi connectivity index (χ1n) is 9.00. The van der Waals surface area contributed by atoms with Crippen molar-refractivity contribution in [2.45, 2.75) is 36.5 Å². The molecule has 0 aliphatic heterocycles. The minimum atomic E-state index is -3.31. The summed E-state index contributed by atoms with van der Waals surface area (Å²) in [6, 6.07) is 11.6. The number of rotatable bonds is 8. The summed E-state index contributed by atoms with van der Waals surface area (Å²) in [6.07, 6.45) is 5.23. The summed E-state index contributed by atoms with van der Waals surface area (Å²) in [4.78, 5) is 12.6. The summed E-state index contributed by atoms with van der Waals surface area (Å²) < 4.78 is 31.5. The van der Waals surface area contributed by atoms with Crippen molar-refractivity contribution in [2.75, 3.05) is 6.54 Å². The third-order valence-corrected chi connectivity index (χ3v) is 6.62. The Morgan fingerprint density at radius 2 is 1.93 bits per heavy atom. The van der Waals surface area contributed by atoms with Gasteiger partial charge in [0.2, 0.25) is 5.91 Å². The molecule has 2 aromatic heterocycles. The van der Waals surface area contributed by atoms with Crippen LogP contribution in [0.5, 0.6) is 0 Å². The number of hydrogen-bond donors (Lipinski definition) is 1. The number of carbonyl (C=O) groups is 1. The molecule has 3 rings (SSSR count). The molecule has 1 atom stereocenters. The largest absolute Gasteiger partial charge is 0.467 e. The lowest BCUT2D eigenvalue weighted by atomic mass is 10.1. The van der Waals surface area contributed by atoms with Crippen molar-refractivity contribution in [1.82, 2.24) is 15.1 Å². The van der Waals surface area contributed by atoms with Crippen LogP contribution < -0.4 is 5.32 Å². The Kier molecular flexibility index (Phi) is 5.99. The van der Waals surface area contributed by atoms with E-state index in [0.717, 1.165) is 5.56 Å². The van der Waals surface area contributed by atoms with Gasteiger partial charge in [-0.1, -0.05) is 12.1 Å². The molecule has 8 heteroatoms. The molecule has 0 radical (unpaired) electrons. The van der Waals surface area contributed by atoms with Crippen molar-refractivity contribution >= 4 is 15.7 Å². The van der Waals surface area contributed by atoms with Crippen molar-refractivity contribution in [1.29, 1.82) is 0 Å². The van der Waals surface area contributed by atoms with Gasteiger partial charge in [-0.2, -0.15) is 5.10 Å². The van der Waals surface area contributed by atoms with Gasteiger partial charge < -0.3 is 9.73 Å². The second kappa shape index (κ2) is 8.43. The zero-order valence-corrected chi connectivity index (χ0v) is 16.6. The first kappa shape index (κ1) is 19.9. The summed E-state index contributed by atoms with van der Waals surface area (Å²) in [7, 11) is -3.31. The van der Waals surface area contributed by atoms with Crippen molar-refractivity contribution in [2.24, 2.45) is 0 Å². The first-order chi connectivity index (χ1) is 13.4. The van der Waals surface area contributed by atoms with E-state index in [1.54, 1.807) is 61.3 Å². The summed E-state index contributed by atoms with van der Waals surface area (Å²) in [5.74, 6) is 0.537. The molecule has 7 nitrogen and oxygen atoms in total. The molecular formula is C20H23N3O4S. The zero-order valence-electron chi connectivity index (χ0n) is 15.8. The Morgan fingerprint density at radius 3 is 2.50 bits per heavy atom. The molecule has 1 N–H and O–H groups in total. The normalized spacial score (nSPS) is 12.8. The van der Waals surface area contributed by atoms with E-state index >= 15 is 0 Å². The molecule has 0 aliphatic carbocycles. The summed E-state index contributed by atoms with van der Waals surface area (Å²) in [6.45, 7) is 3.62. The quantitative estimate of drug-likeness (QED) is 0.626. The van der Waals surface area contributed by atoms with Gasteiger partial charge in [0.25, 0.3) is 0 Å². The number of carbonyl (C=O) groups excluding carboxylic acids is 1. The SMILES string of the molecule is CC(C)S(=O)(=O)c1ccc(CC(=O)NCC(c2ccco2)n2cccn2)cc1. The van der Waals surface area contributed by atoms with Crippen molar-refractivity contribution in [3.8, 4) is 0 Å². The van der Waals surface area contributed by atoms with E-state index < -0.39 is 15.1 Å². The molecule has 1 amide bonds. The van der Waals surface area contributed by atoms with Gasteiger partial charge in [-0.3, -0.25) is 9.48 Å². The average Bonchev–Trinajstić information content (AvgIpc) is 3.37. The highest BCUT2D eigenvalue weighted by Crippen LogP contribution is 2.18. The lowest BCUT2D eigenvalue weighted by Gasteiger charge is -2.16. The molecule has 0 saturated carbocycles. The van der Waals surface area contributed by atoms with Crippen LogP contribution in [-0.2, 0) is 21.1 Å². The predicted molar refractivity (Wildman–Crippen MR) is 105 cm³/mol. The highest BCUT2D eigenvalue weighted by Gasteiger charge is 2.20. The van der Waals surface area contributed by atoms with E-state index in [1.807, 2.05) is 18.3 Å². The van der Waals surface area contributed by atoms with Gasteiger partial charge in [0.1, 0.15) is 11.8 Å². The maximum absolute atomic E-state index is 12.4. The van der Waals surface area contributed by atoms with Crippen LogP contribution in [0.4, 0.5) is 0 Å². The first-order valence-corrected chi connectivity index (χ1v) is 10.5. The lowest BCUT2D eigenvalue weighted by molar-refractivity contribution is -0.120. The standard InChI is InChI=1S/C20H23N3O4S/c1-15(2)28(25,26)17-8-6-16(7-9-17)13-20(24)21-14-18(19-5-3-12-27-19)23-11-4-10-22-23/h3-12,15,18H,13-14H2,1-2H3,(H,21,24). The van der Waals surface area contributed by atoms with E-state index in [2.05, 4.69) is 10.4 Å². The van der Waals surface area contributed by atoms with Crippen molar-refractivity contribution < 1.29 is 17.6 Å². The van der Waals surface area contributed by atoms with Crippen molar-refractivity contribution in [3.63, 3.8) is 0 Å². The summed E-state index contributed by atoms with van der Waals surface area (Å²) >= 11 is 0. The van der Waals surface area contributed by atoms with Crippen LogP contribution in [0.25, 0.3) is 0 Å². The fourth-order valence-corrected chi connectivity index (χ4v) is 3.86. The highest BCUT2D eigenvalue weighted by molar-refractivity contribution is 7.92. The van der Waals surface area contributed by atoms with Gasteiger partial charge >= 0.3 is 0 Å². The number of benzene rings is 1. The van der Waals surface area contributed by atoms with E-state index in [4.69, 9.17) is 4.42 Å². The number of amides is 1. The van der Waals surface area contributed by atoms with Gasteiger partial charge in [0.05, 0.1) is 22.8 Å². The second-order valence-corrected chi connectivity index (χ2v) is 9.24. The summed E-state index contributed by atoms with van der Waals surface area (Å²) in [5, 5.41) is 6.64. The molecule has 0 spiro atoms. The smallest absolute Gasteiger partial charge is 0.224 e. The molecule has 0 fully saturated rings. The Bertz CT molecular complexity index is 958. The lowest BCUT2D eigenvalue weighted by Crippen LogP contribution is -2.32. The molecular weight excluding hydrogens is 378 g/mol. The fourth-order valence-electron chi connectivity index (χ4n) is 2.80. The van der Waals surface area contributed by atoms with Crippen LogP contribution in [-0.4, -0.2) is 35.9 Å². The molecule has 1 aromatic carbocycles. The van der Waals surface area contributed by atoms with Crippen LogP contribution >= 0.6 is 0 Å². The third-order valence-electron chi connectivity index (χ3n) is 4.45. The van der Waals surface area contributed by atoms with E-state index in [0.29, 0.717) is 12.3 Å². The molecule has 0 bridgehead atoms. The monoisotopic (exact) mass is 401 g/mol. The van der Waals surface area contributed by atoms with E-state index in [1.165, 1.54) is 0 Å². The van der Waals surface area contributed by atoms with Crippen LogP contribution in [0.15, 0.2) is 70.4 Å². The molecule has 2 heterocycles. The Hall–Kier alpha value is -2.87. The van der Waals surface area contributed by atoms with Crippen LogP contribution in [0, 0.1) is 0 Å². The molecule has 3 aromatic rings. The van der Waals surface area contributed by atoms with E-state index in [9.17, 15) is 13.2 Å². The molecule has 28 heavy (non-hydrogen) atoms. The highest BCUT2D eigenvalue weighted by atomic mass is 32.2. The van der Waals surface area contributed by atoms with Gasteiger partial charge in [0.15, 0.2) is 9.84 Å². The van der Waals surface area contributed by atoms with Gasteiger partial charge in [-0.15, -0.1) is 0 Å².